The molecule has 6 nitrogen and oxygen atoms in total. The van der Waals surface area contributed by atoms with Crippen LogP contribution in [0.4, 0.5) is 0 Å². The minimum absolute atomic E-state index is 0.0331. The first-order valence-corrected chi connectivity index (χ1v) is 8.74. The van der Waals surface area contributed by atoms with Crippen LogP contribution in [0.3, 0.4) is 0 Å². The molecule has 2 heterocycles. The van der Waals surface area contributed by atoms with E-state index >= 15 is 0 Å². The van der Waals surface area contributed by atoms with Crippen LogP contribution >= 0.6 is 0 Å². The van der Waals surface area contributed by atoms with Gasteiger partial charge in [0.2, 0.25) is 0 Å². The summed E-state index contributed by atoms with van der Waals surface area (Å²) in [4.78, 5) is 0. The lowest BCUT2D eigenvalue weighted by atomic mass is 9.95. The summed E-state index contributed by atoms with van der Waals surface area (Å²) in [5.74, 6) is 0. The second-order valence-corrected chi connectivity index (χ2v) is 7.08. The third-order valence-corrected chi connectivity index (χ3v) is 5.57. The Bertz CT molecular complexity index is 585. The van der Waals surface area contributed by atoms with Crippen molar-refractivity contribution in [1.29, 1.82) is 0 Å². The highest BCUT2D eigenvalue weighted by atomic mass is 32.2. The van der Waals surface area contributed by atoms with Gasteiger partial charge in [0.15, 0.2) is 0 Å². The molecule has 1 aromatic rings. The number of nitrogens with one attached hydrogen (secondary N) is 2. The van der Waals surface area contributed by atoms with Crippen LogP contribution < -0.4 is 10.0 Å². The van der Waals surface area contributed by atoms with Crippen LogP contribution in [0, 0.1) is 0 Å². The van der Waals surface area contributed by atoms with Crippen LogP contribution in [0.15, 0.2) is 24.3 Å². The largest absolute Gasteiger partial charge is 0.379 e. The van der Waals surface area contributed by atoms with Crippen molar-refractivity contribution in [1.82, 2.24) is 14.3 Å². The van der Waals surface area contributed by atoms with Gasteiger partial charge in [0.25, 0.3) is 10.2 Å². The number of morpholine rings is 1. The van der Waals surface area contributed by atoms with Gasteiger partial charge in [-0.25, -0.2) is 4.72 Å². The van der Waals surface area contributed by atoms with Crippen molar-refractivity contribution < 1.29 is 13.2 Å². The van der Waals surface area contributed by atoms with Gasteiger partial charge in [-0.3, -0.25) is 0 Å². The number of ether oxygens (including phenoxy) is 1. The van der Waals surface area contributed by atoms with E-state index in [4.69, 9.17) is 4.74 Å². The van der Waals surface area contributed by atoms with E-state index in [0.29, 0.717) is 32.8 Å². The minimum Gasteiger partial charge on any atom is -0.379 e. The molecule has 0 saturated carbocycles. The molecule has 0 aromatic heterocycles. The average molecular weight is 311 g/mol. The number of rotatable bonds is 4. The van der Waals surface area contributed by atoms with Crippen LogP contribution in [0.1, 0.15) is 17.2 Å². The average Bonchev–Trinajstić information content (AvgIpc) is 2.54. The number of hydrogen-bond acceptors (Lipinski definition) is 4. The summed E-state index contributed by atoms with van der Waals surface area (Å²) in [5, 5.41) is 3.38. The van der Waals surface area contributed by atoms with E-state index in [1.54, 1.807) is 0 Å². The van der Waals surface area contributed by atoms with Crippen LogP contribution in [0.2, 0.25) is 0 Å². The SMILES string of the molecule is O=S(=O)(NCC1NCCc2ccccc21)N1CCOCC1. The van der Waals surface area contributed by atoms with Gasteiger partial charge in [-0.05, 0) is 24.1 Å². The maximum absolute atomic E-state index is 12.3. The third kappa shape index (κ3) is 3.44. The molecule has 1 atom stereocenters. The number of nitrogens with zero attached hydrogens (tertiary/aromatic N) is 1. The fraction of sp³-hybridized carbons (Fsp3) is 0.571. The molecule has 0 radical (unpaired) electrons. The van der Waals surface area contributed by atoms with Gasteiger partial charge < -0.3 is 10.1 Å². The highest BCUT2D eigenvalue weighted by Gasteiger charge is 2.26. The minimum atomic E-state index is -3.42. The van der Waals surface area contributed by atoms with Crippen LogP contribution in [-0.2, 0) is 21.4 Å². The molecule has 0 spiro atoms. The Morgan fingerprint density at radius 2 is 2.05 bits per heavy atom. The van der Waals surface area contributed by atoms with Crippen LogP contribution in [0.5, 0.6) is 0 Å². The lowest BCUT2D eigenvalue weighted by molar-refractivity contribution is 0.0724. The molecule has 0 bridgehead atoms. The van der Waals surface area contributed by atoms with E-state index in [9.17, 15) is 8.42 Å². The van der Waals surface area contributed by atoms with Gasteiger partial charge in [-0.1, -0.05) is 24.3 Å². The Labute approximate surface area is 125 Å². The zero-order valence-electron chi connectivity index (χ0n) is 11.9. The first-order valence-electron chi connectivity index (χ1n) is 7.30. The quantitative estimate of drug-likeness (QED) is 0.824. The van der Waals surface area contributed by atoms with E-state index in [-0.39, 0.29) is 6.04 Å². The van der Waals surface area contributed by atoms with E-state index in [1.165, 1.54) is 15.4 Å². The fourth-order valence-corrected chi connectivity index (χ4v) is 4.03. The molecule has 1 saturated heterocycles. The second kappa shape index (κ2) is 6.41. The summed E-state index contributed by atoms with van der Waals surface area (Å²) >= 11 is 0. The molecule has 1 aromatic carbocycles. The molecule has 0 amide bonds. The van der Waals surface area contributed by atoms with Gasteiger partial charge in [-0.2, -0.15) is 12.7 Å². The molecule has 3 rings (SSSR count). The Balaban J connectivity index is 1.65. The maximum Gasteiger partial charge on any atom is 0.279 e. The van der Waals surface area contributed by atoms with Gasteiger partial charge in [0.05, 0.1) is 13.2 Å². The Morgan fingerprint density at radius 1 is 1.29 bits per heavy atom. The molecule has 7 heteroatoms. The number of hydrogen-bond donors (Lipinski definition) is 2. The topological polar surface area (TPSA) is 70.7 Å². The van der Waals surface area contributed by atoms with Crippen molar-refractivity contribution in [2.24, 2.45) is 0 Å². The van der Waals surface area contributed by atoms with Crippen LogP contribution in [0.25, 0.3) is 0 Å². The zero-order valence-corrected chi connectivity index (χ0v) is 12.7. The van der Waals surface area contributed by atoms with E-state index < -0.39 is 10.2 Å². The monoisotopic (exact) mass is 311 g/mol. The summed E-state index contributed by atoms with van der Waals surface area (Å²) in [6.07, 6.45) is 0.989. The molecule has 2 aliphatic heterocycles. The smallest absolute Gasteiger partial charge is 0.279 e. The van der Waals surface area contributed by atoms with Gasteiger partial charge in [0, 0.05) is 25.7 Å². The molecule has 1 fully saturated rings. The third-order valence-electron chi connectivity index (χ3n) is 4.00. The zero-order chi connectivity index (χ0) is 14.7. The van der Waals surface area contributed by atoms with Crippen molar-refractivity contribution in [3.05, 3.63) is 35.4 Å². The molecule has 1 unspecified atom stereocenters. The van der Waals surface area contributed by atoms with E-state index in [2.05, 4.69) is 22.2 Å². The Morgan fingerprint density at radius 3 is 2.86 bits per heavy atom. The predicted molar refractivity (Wildman–Crippen MR) is 80.2 cm³/mol. The Kier molecular flexibility index (Phi) is 4.56. The molecular formula is C14H21N3O3S. The van der Waals surface area contributed by atoms with Crippen molar-refractivity contribution in [3.8, 4) is 0 Å². The first kappa shape index (κ1) is 14.9. The molecule has 116 valence electrons. The summed E-state index contributed by atoms with van der Waals surface area (Å²) < 4.78 is 33.9. The first-order chi connectivity index (χ1) is 10.2. The highest BCUT2D eigenvalue weighted by molar-refractivity contribution is 7.87. The number of benzene rings is 1. The van der Waals surface area contributed by atoms with Crippen molar-refractivity contribution in [2.75, 3.05) is 39.4 Å². The van der Waals surface area contributed by atoms with Crippen molar-refractivity contribution in [2.45, 2.75) is 12.5 Å². The van der Waals surface area contributed by atoms with Gasteiger partial charge in [0.1, 0.15) is 0 Å². The predicted octanol–water partition coefficient (Wildman–Crippen LogP) is 0.0400. The number of fused-ring (bicyclic) bond motifs is 1. The molecule has 21 heavy (non-hydrogen) atoms. The molecule has 2 N–H and O–H groups in total. The second-order valence-electron chi connectivity index (χ2n) is 5.32. The summed E-state index contributed by atoms with van der Waals surface area (Å²) in [6.45, 7) is 3.02. The molecule has 0 aliphatic carbocycles. The van der Waals surface area contributed by atoms with E-state index in [1.807, 2.05) is 12.1 Å². The summed E-state index contributed by atoms with van der Waals surface area (Å²) in [5.41, 5.74) is 2.49. The van der Waals surface area contributed by atoms with Gasteiger partial charge >= 0.3 is 0 Å². The normalized spacial score (nSPS) is 23.7. The summed E-state index contributed by atoms with van der Waals surface area (Å²) in [6, 6.07) is 8.23. The standard InChI is InChI=1S/C14H21N3O3S/c18-21(19,17-7-9-20-10-8-17)16-11-14-13-4-2-1-3-12(13)5-6-15-14/h1-4,14-16H,5-11H2. The lowest BCUT2D eigenvalue weighted by Gasteiger charge is -2.30. The van der Waals surface area contributed by atoms with Crippen molar-refractivity contribution >= 4 is 10.2 Å². The Hall–Kier alpha value is -0.990. The maximum atomic E-state index is 12.3. The fourth-order valence-electron chi connectivity index (χ4n) is 2.84. The van der Waals surface area contributed by atoms with Gasteiger partial charge in [-0.15, -0.1) is 0 Å². The lowest BCUT2D eigenvalue weighted by Crippen LogP contribution is -2.48. The highest BCUT2D eigenvalue weighted by Crippen LogP contribution is 2.22. The molecule has 2 aliphatic rings. The van der Waals surface area contributed by atoms with Crippen LogP contribution in [-0.4, -0.2) is 52.1 Å². The summed E-state index contributed by atoms with van der Waals surface area (Å²) in [7, 11) is -3.42. The van der Waals surface area contributed by atoms with E-state index in [0.717, 1.165) is 13.0 Å². The van der Waals surface area contributed by atoms with Crippen molar-refractivity contribution in [3.63, 3.8) is 0 Å². The molecular weight excluding hydrogens is 290 g/mol.